The maximum Gasteiger partial charge on any atom is 0.245 e. The van der Waals surface area contributed by atoms with E-state index in [1.54, 1.807) is 0 Å². The van der Waals surface area contributed by atoms with Gasteiger partial charge in [-0.1, -0.05) is 310 Å². The van der Waals surface area contributed by atoms with Gasteiger partial charge in [-0.2, -0.15) is 11.8 Å². The van der Waals surface area contributed by atoms with Crippen molar-refractivity contribution in [2.45, 2.75) is 461 Å². The lowest BCUT2D eigenvalue weighted by atomic mass is 10.0. The number of rotatable bonds is 86. The number of amides is 9. The van der Waals surface area contributed by atoms with Crippen molar-refractivity contribution < 1.29 is 48.3 Å². The van der Waals surface area contributed by atoms with Gasteiger partial charge in [-0.15, -0.1) is 0 Å². The number of nitrogens with one attached hydrogen (secondary N) is 8. The summed E-state index contributed by atoms with van der Waals surface area (Å²) in [6, 6.07) is -8.46. The molecule has 0 heterocycles. The van der Waals surface area contributed by atoms with Crippen LogP contribution < -0.4 is 71.2 Å². The van der Waals surface area contributed by atoms with E-state index in [1.165, 1.54) is 236 Å². The van der Waals surface area contributed by atoms with Gasteiger partial charge in [0.2, 0.25) is 53.2 Å². The second-order valence-corrected chi connectivity index (χ2v) is 33.6. The minimum atomic E-state index is -1.61. The number of carbonyl (C=O) groups is 9. The van der Waals surface area contributed by atoms with Gasteiger partial charge in [0, 0.05) is 30.9 Å². The Morgan fingerprint density at radius 3 is 0.743 bits per heavy atom. The normalized spacial score (nSPS) is 13.3. The van der Waals surface area contributed by atoms with E-state index in [0.717, 1.165) is 70.6 Å². The van der Waals surface area contributed by atoms with Crippen molar-refractivity contribution in [2.75, 3.05) is 50.8 Å². The molecule has 0 fully saturated rings. The fourth-order valence-electron chi connectivity index (χ4n) is 14.5. The zero-order chi connectivity index (χ0) is 83.1. The van der Waals surface area contributed by atoms with E-state index < -0.39 is 84.3 Å². The van der Waals surface area contributed by atoms with E-state index in [4.69, 9.17) is 28.7 Å². The summed E-state index contributed by atoms with van der Waals surface area (Å²) in [6.07, 6.45) is 63.0. The number of aliphatic hydroxyl groups excluding tert-OH is 1. The molecular weight excluding hydrogens is 1440 g/mol. The predicted molar refractivity (Wildman–Crippen MR) is 470 cm³/mol. The summed E-state index contributed by atoms with van der Waals surface area (Å²) in [5.74, 6) is -5.43. The fraction of sp³-hybridized carbons (Fsp3) is 0.899. The highest BCUT2D eigenvalue weighted by Crippen LogP contribution is 2.20. The van der Waals surface area contributed by atoms with Crippen LogP contribution in [0.2, 0.25) is 0 Å². The summed E-state index contributed by atoms with van der Waals surface area (Å²) in [4.78, 5) is 126. The summed E-state index contributed by atoms with van der Waals surface area (Å²) < 4.78 is 0. The minimum Gasteiger partial charge on any atom is -0.394 e. The Morgan fingerprint density at radius 2 is 0.478 bits per heavy atom. The van der Waals surface area contributed by atoms with Gasteiger partial charge in [-0.3, -0.25) is 43.2 Å². The molecule has 0 aromatic heterocycles. The Bertz CT molecular complexity index is 2320. The van der Waals surface area contributed by atoms with Crippen LogP contribution in [0.15, 0.2) is 0 Å². The largest absolute Gasteiger partial charge is 0.394 e. The molecule has 23 nitrogen and oxygen atoms in total. The zero-order valence-electron chi connectivity index (χ0n) is 72.5. The van der Waals surface area contributed by atoms with E-state index in [2.05, 4.69) is 63.3 Å². The molecule has 0 saturated heterocycles. The average Bonchev–Trinajstić information content (AvgIpc) is 0.856. The fourth-order valence-corrected chi connectivity index (χ4v) is 15.6. The van der Waals surface area contributed by atoms with Gasteiger partial charge in [-0.05, 0) is 122 Å². The molecule has 0 aromatic carbocycles. The van der Waals surface area contributed by atoms with Gasteiger partial charge in [0.15, 0.2) is 0 Å². The summed E-state index contributed by atoms with van der Waals surface area (Å²) in [5.41, 5.74) is 28.9. The van der Waals surface area contributed by atoms with E-state index >= 15 is 0 Å². The molecule has 0 aliphatic rings. The van der Waals surface area contributed by atoms with E-state index in [9.17, 15) is 48.3 Å². The molecule has 662 valence electrons. The van der Waals surface area contributed by atoms with Crippen LogP contribution in [-0.2, 0) is 43.2 Å². The highest BCUT2D eigenvalue weighted by molar-refractivity contribution is 7.99. The summed E-state index contributed by atoms with van der Waals surface area (Å²) in [6.45, 7) is 7.63. The molecule has 0 bridgehead atoms. The number of hydrogen-bond acceptors (Lipinski definition) is 15. The number of aliphatic hydroxyl groups is 1. The maximum atomic E-state index is 14.6. The van der Waals surface area contributed by atoms with Crippen LogP contribution in [0.3, 0.4) is 0 Å². The number of primary amides is 1. The van der Waals surface area contributed by atoms with Gasteiger partial charge < -0.3 is 76.3 Å². The molecule has 0 aliphatic carbocycles. The van der Waals surface area contributed by atoms with Crippen LogP contribution in [0.5, 0.6) is 0 Å². The molecule has 0 spiro atoms. The van der Waals surface area contributed by atoms with Gasteiger partial charge in [0.25, 0.3) is 0 Å². The molecule has 0 aromatic rings. The highest BCUT2D eigenvalue weighted by Gasteiger charge is 2.34. The molecule has 0 unspecified atom stereocenters. The molecular formula is C89H175N13O10S. The van der Waals surface area contributed by atoms with Gasteiger partial charge in [0.05, 0.1) is 6.61 Å². The third-order valence-corrected chi connectivity index (χ3v) is 23.0. The molecule has 113 heavy (non-hydrogen) atoms. The molecule has 0 radical (unpaired) electrons. The number of thioether (sulfide) groups is 1. The van der Waals surface area contributed by atoms with Gasteiger partial charge in [0.1, 0.15) is 42.3 Å². The Labute approximate surface area is 692 Å². The molecule has 24 heteroatoms. The lowest BCUT2D eigenvalue weighted by molar-refractivity contribution is -0.136. The quantitative estimate of drug-likeness (QED) is 0.0252. The smallest absolute Gasteiger partial charge is 0.245 e. The Kier molecular flexibility index (Phi) is 77.8. The first kappa shape index (κ1) is 108. The van der Waals surface area contributed by atoms with Crippen LogP contribution in [0.1, 0.15) is 419 Å². The van der Waals surface area contributed by atoms with Crippen LogP contribution in [0.4, 0.5) is 0 Å². The first-order valence-corrected chi connectivity index (χ1v) is 47.9. The van der Waals surface area contributed by atoms with Crippen molar-refractivity contribution in [2.24, 2.45) is 28.7 Å². The van der Waals surface area contributed by atoms with Crippen molar-refractivity contribution in [3.8, 4) is 0 Å². The second-order valence-electron chi connectivity index (χ2n) is 32.5. The van der Waals surface area contributed by atoms with Crippen LogP contribution in [-0.4, -0.2) is 151 Å². The molecule has 19 N–H and O–H groups in total. The standard InChI is InChI=1S/C89H175N13O10S/c1-4-7-10-13-16-19-22-25-28-30-32-34-37-40-43-46-49-64-81(104)96-79(84(107)95-70-59-48-45-42-39-36-27-24-21-18-15-12-9-6-3)72-113-73-80(97-82(105)65-50-47-44-41-38-35-33-31-29-26-23-20-17-14-11-8-5-2)89(112)102-78(71-103)88(111)101-77(63-54-58-69-93)87(110)100-76(62-53-57-68-92)86(109)99-75(61-52-56-67-91)85(108)98-74(83(94)106)60-51-55-66-90/h74-80,103H,4-73,90-93H2,1-3H3,(H2,94,106)(H,95,107)(H,96,104)(H,97,105)(H,98,108)(H,99,109)(H,100,110)(H,101,111)(H,102,112)/t74-,75-,76-,77-,78-,79-,80-/m0/s1. The first-order chi connectivity index (χ1) is 55.1. The lowest BCUT2D eigenvalue weighted by Gasteiger charge is -2.27. The lowest BCUT2D eigenvalue weighted by Crippen LogP contribution is -2.60. The van der Waals surface area contributed by atoms with Gasteiger partial charge >= 0.3 is 0 Å². The summed E-state index contributed by atoms with van der Waals surface area (Å²) in [7, 11) is 0. The zero-order valence-corrected chi connectivity index (χ0v) is 73.3. The van der Waals surface area contributed by atoms with Crippen molar-refractivity contribution in [3.05, 3.63) is 0 Å². The van der Waals surface area contributed by atoms with Crippen molar-refractivity contribution in [3.63, 3.8) is 0 Å². The third-order valence-electron chi connectivity index (χ3n) is 21.9. The maximum absolute atomic E-state index is 14.6. The van der Waals surface area contributed by atoms with E-state index in [-0.39, 0.29) is 74.3 Å². The number of hydrogen-bond donors (Lipinski definition) is 14. The van der Waals surface area contributed by atoms with Crippen molar-refractivity contribution in [1.82, 2.24) is 42.5 Å². The van der Waals surface area contributed by atoms with Crippen molar-refractivity contribution in [1.29, 1.82) is 0 Å². The molecule has 7 atom stereocenters. The van der Waals surface area contributed by atoms with E-state index in [0.29, 0.717) is 90.4 Å². The molecule has 0 saturated carbocycles. The highest BCUT2D eigenvalue weighted by atomic mass is 32.2. The van der Waals surface area contributed by atoms with Crippen molar-refractivity contribution >= 4 is 64.9 Å². The van der Waals surface area contributed by atoms with Crippen LogP contribution in [0.25, 0.3) is 0 Å². The third kappa shape index (κ3) is 66.0. The Hall–Kier alpha value is -4.62. The number of unbranched alkanes of at least 4 members (excludes halogenated alkanes) is 49. The monoisotopic (exact) mass is 1620 g/mol. The van der Waals surface area contributed by atoms with E-state index in [1.807, 2.05) is 0 Å². The summed E-state index contributed by atoms with van der Waals surface area (Å²) >= 11 is 1.21. The molecule has 0 aliphatic heterocycles. The number of carbonyl (C=O) groups excluding carboxylic acids is 9. The first-order valence-electron chi connectivity index (χ1n) is 46.7. The SMILES string of the molecule is CCCCCCCCCCCCCCCCCCCC(=O)N[C@@H](CSC[C@H](NC(=O)CCCCCCCCCCCCCCCCCCC)C(=O)N[C@@H](CO)C(=O)N[C@@H](CCCCN)C(=O)N[C@@H](CCCCN)C(=O)N[C@@H](CCCCN)C(=O)N[C@@H](CCCCN)C(N)=O)C(=O)NCCCCCCCCCCCCCCCC. The number of nitrogens with two attached hydrogens (primary N) is 5. The minimum absolute atomic E-state index is 0.0536. The Balaban J connectivity index is 6.59. The van der Waals surface area contributed by atoms with Crippen LogP contribution in [0, 0.1) is 0 Å². The molecule has 0 rings (SSSR count). The average molecular weight is 1620 g/mol. The topological polar surface area (TPSA) is 400 Å². The van der Waals surface area contributed by atoms with Crippen LogP contribution >= 0.6 is 11.8 Å². The second kappa shape index (κ2) is 81.1. The summed E-state index contributed by atoms with van der Waals surface area (Å²) in [5, 5.41) is 33.4. The predicted octanol–water partition coefficient (Wildman–Crippen LogP) is 14.8. The Morgan fingerprint density at radius 1 is 0.257 bits per heavy atom. The van der Waals surface area contributed by atoms with Gasteiger partial charge in [-0.25, -0.2) is 0 Å². The molecule has 9 amide bonds.